The molecule has 0 aliphatic heterocycles. The molecule has 0 fully saturated rings. The molecule has 3 rings (SSSR count). The minimum absolute atomic E-state index is 0.307. The zero-order valence-electron chi connectivity index (χ0n) is 12.2. The van der Waals surface area contributed by atoms with Gasteiger partial charge < -0.3 is 4.74 Å². The molecular formula is C19H15NO2. The third-order valence-corrected chi connectivity index (χ3v) is 3.47. The lowest BCUT2D eigenvalue weighted by molar-refractivity contribution is 0.0594. The van der Waals surface area contributed by atoms with Crippen molar-refractivity contribution in [1.82, 2.24) is 4.98 Å². The summed E-state index contributed by atoms with van der Waals surface area (Å²) in [6.45, 7) is 0. The van der Waals surface area contributed by atoms with Crippen molar-refractivity contribution < 1.29 is 9.53 Å². The summed E-state index contributed by atoms with van der Waals surface area (Å²) in [5.74, 6) is -0.434. The molecule has 3 heteroatoms. The fraction of sp³-hybridized carbons (Fsp3) is 0.0526. The molecule has 0 atom stereocenters. The van der Waals surface area contributed by atoms with Crippen LogP contribution in [0.2, 0.25) is 0 Å². The molecular weight excluding hydrogens is 274 g/mol. The van der Waals surface area contributed by atoms with Crippen LogP contribution in [0, 0.1) is 0 Å². The monoisotopic (exact) mass is 289 g/mol. The van der Waals surface area contributed by atoms with Crippen molar-refractivity contribution in [2.24, 2.45) is 0 Å². The van der Waals surface area contributed by atoms with Gasteiger partial charge in [0.15, 0.2) is 0 Å². The van der Waals surface area contributed by atoms with Crippen LogP contribution < -0.4 is 0 Å². The first-order chi connectivity index (χ1) is 10.8. The number of carbonyl (C=O) groups excluding carboxylic acids is 1. The fourth-order valence-electron chi connectivity index (χ4n) is 2.38. The summed E-state index contributed by atoms with van der Waals surface area (Å²) in [5, 5.41) is 0. The van der Waals surface area contributed by atoms with Crippen LogP contribution in [0.15, 0.2) is 72.9 Å². The highest BCUT2D eigenvalue weighted by molar-refractivity contribution is 5.92. The maximum Gasteiger partial charge on any atom is 0.356 e. The van der Waals surface area contributed by atoms with Crippen LogP contribution in [0.3, 0.4) is 0 Å². The zero-order valence-corrected chi connectivity index (χ0v) is 12.2. The first-order valence-electron chi connectivity index (χ1n) is 6.99. The molecule has 0 amide bonds. The average molecular weight is 289 g/mol. The van der Waals surface area contributed by atoms with E-state index in [-0.39, 0.29) is 0 Å². The van der Waals surface area contributed by atoms with Crippen molar-refractivity contribution in [3.8, 4) is 22.3 Å². The van der Waals surface area contributed by atoms with Gasteiger partial charge in [-0.15, -0.1) is 0 Å². The van der Waals surface area contributed by atoms with Gasteiger partial charge in [-0.3, -0.25) is 0 Å². The van der Waals surface area contributed by atoms with Crippen LogP contribution >= 0.6 is 0 Å². The van der Waals surface area contributed by atoms with E-state index < -0.39 is 5.97 Å². The highest BCUT2D eigenvalue weighted by Gasteiger charge is 2.13. The van der Waals surface area contributed by atoms with E-state index in [9.17, 15) is 4.79 Å². The molecule has 0 radical (unpaired) electrons. The predicted molar refractivity (Wildman–Crippen MR) is 86.4 cm³/mol. The summed E-state index contributed by atoms with van der Waals surface area (Å²) in [4.78, 5) is 16.0. The van der Waals surface area contributed by atoms with Gasteiger partial charge in [-0.2, -0.15) is 0 Å². The largest absolute Gasteiger partial charge is 0.464 e. The van der Waals surface area contributed by atoms with Gasteiger partial charge in [0.1, 0.15) is 5.69 Å². The standard InChI is InChI=1S/C19H15NO2/c1-22-19(21)18-12-16(14-8-4-2-5-9-14)17(13-20-18)15-10-6-3-7-11-15/h2-13H,1H3. The maximum atomic E-state index is 11.8. The van der Waals surface area contributed by atoms with Crippen molar-refractivity contribution in [2.45, 2.75) is 0 Å². The molecule has 108 valence electrons. The Morgan fingerprint density at radius 2 is 1.41 bits per heavy atom. The second kappa shape index (κ2) is 6.22. The highest BCUT2D eigenvalue weighted by atomic mass is 16.5. The summed E-state index contributed by atoms with van der Waals surface area (Å²) in [6.07, 6.45) is 1.73. The topological polar surface area (TPSA) is 39.2 Å². The molecule has 1 heterocycles. The maximum absolute atomic E-state index is 11.8. The second-order valence-electron chi connectivity index (χ2n) is 4.84. The molecule has 0 spiro atoms. The molecule has 2 aromatic carbocycles. The Labute approximate surface area is 129 Å². The van der Waals surface area contributed by atoms with E-state index in [1.165, 1.54) is 7.11 Å². The number of benzene rings is 2. The van der Waals surface area contributed by atoms with Gasteiger partial charge in [0.05, 0.1) is 7.11 Å². The molecule has 22 heavy (non-hydrogen) atoms. The Hall–Kier alpha value is -2.94. The number of carbonyl (C=O) groups is 1. The zero-order chi connectivity index (χ0) is 15.4. The van der Waals surface area contributed by atoms with Gasteiger partial charge in [0.25, 0.3) is 0 Å². The number of pyridine rings is 1. The number of rotatable bonds is 3. The van der Waals surface area contributed by atoms with E-state index in [4.69, 9.17) is 4.74 Å². The van der Waals surface area contributed by atoms with Crippen LogP contribution in [0.1, 0.15) is 10.5 Å². The number of ether oxygens (including phenoxy) is 1. The summed E-state index contributed by atoms with van der Waals surface area (Å²) < 4.78 is 4.77. The smallest absolute Gasteiger partial charge is 0.356 e. The fourth-order valence-corrected chi connectivity index (χ4v) is 2.38. The molecule has 3 nitrogen and oxygen atoms in total. The number of methoxy groups -OCH3 is 1. The molecule has 1 aromatic heterocycles. The molecule has 0 saturated heterocycles. The predicted octanol–water partition coefficient (Wildman–Crippen LogP) is 4.20. The Bertz CT molecular complexity index is 783. The lowest BCUT2D eigenvalue weighted by Gasteiger charge is -2.11. The van der Waals surface area contributed by atoms with E-state index >= 15 is 0 Å². The van der Waals surface area contributed by atoms with E-state index in [0.717, 1.165) is 22.3 Å². The van der Waals surface area contributed by atoms with Crippen LogP contribution in [0.25, 0.3) is 22.3 Å². The highest BCUT2D eigenvalue weighted by Crippen LogP contribution is 2.32. The van der Waals surface area contributed by atoms with E-state index in [0.29, 0.717) is 5.69 Å². The third kappa shape index (κ3) is 2.74. The van der Waals surface area contributed by atoms with E-state index in [1.807, 2.05) is 60.7 Å². The van der Waals surface area contributed by atoms with Crippen molar-refractivity contribution in [3.63, 3.8) is 0 Å². The van der Waals surface area contributed by atoms with Crippen molar-refractivity contribution in [3.05, 3.63) is 78.6 Å². The summed E-state index contributed by atoms with van der Waals surface area (Å²) in [7, 11) is 1.36. The van der Waals surface area contributed by atoms with Crippen LogP contribution in [-0.4, -0.2) is 18.1 Å². The number of esters is 1. The van der Waals surface area contributed by atoms with Gasteiger partial charge in [0.2, 0.25) is 0 Å². The van der Waals surface area contributed by atoms with Gasteiger partial charge in [0, 0.05) is 11.8 Å². The Kier molecular flexibility index (Phi) is 3.97. The Morgan fingerprint density at radius 3 is 1.95 bits per heavy atom. The van der Waals surface area contributed by atoms with Crippen molar-refractivity contribution in [1.29, 1.82) is 0 Å². The van der Waals surface area contributed by atoms with Gasteiger partial charge in [-0.25, -0.2) is 9.78 Å². The molecule has 0 unspecified atom stereocenters. The van der Waals surface area contributed by atoms with Gasteiger partial charge in [-0.05, 0) is 22.8 Å². The van der Waals surface area contributed by atoms with Gasteiger partial charge >= 0.3 is 5.97 Å². The number of hydrogen-bond acceptors (Lipinski definition) is 3. The normalized spacial score (nSPS) is 10.2. The number of aromatic nitrogens is 1. The van der Waals surface area contributed by atoms with Crippen molar-refractivity contribution >= 4 is 5.97 Å². The van der Waals surface area contributed by atoms with Gasteiger partial charge in [-0.1, -0.05) is 60.7 Å². The third-order valence-electron chi connectivity index (χ3n) is 3.47. The molecule has 0 bridgehead atoms. The molecule has 0 saturated carbocycles. The minimum atomic E-state index is -0.434. The Morgan fingerprint density at radius 1 is 0.864 bits per heavy atom. The lowest BCUT2D eigenvalue weighted by atomic mass is 9.96. The number of hydrogen-bond donors (Lipinski definition) is 0. The minimum Gasteiger partial charge on any atom is -0.464 e. The summed E-state index contributed by atoms with van der Waals surface area (Å²) in [5.41, 5.74) is 4.35. The van der Waals surface area contributed by atoms with E-state index in [2.05, 4.69) is 4.98 Å². The number of nitrogens with zero attached hydrogens (tertiary/aromatic N) is 1. The Balaban J connectivity index is 2.20. The van der Waals surface area contributed by atoms with Crippen molar-refractivity contribution in [2.75, 3.05) is 7.11 Å². The lowest BCUT2D eigenvalue weighted by Crippen LogP contribution is -2.04. The van der Waals surface area contributed by atoms with Crippen LogP contribution in [0.5, 0.6) is 0 Å². The van der Waals surface area contributed by atoms with Crippen LogP contribution in [0.4, 0.5) is 0 Å². The summed E-state index contributed by atoms with van der Waals surface area (Å²) in [6, 6.07) is 21.7. The van der Waals surface area contributed by atoms with Crippen LogP contribution in [-0.2, 0) is 4.74 Å². The molecule has 0 N–H and O–H groups in total. The second-order valence-corrected chi connectivity index (χ2v) is 4.84. The summed E-state index contributed by atoms with van der Waals surface area (Å²) >= 11 is 0. The first-order valence-corrected chi connectivity index (χ1v) is 6.99. The molecule has 0 aliphatic carbocycles. The molecule has 3 aromatic rings. The SMILES string of the molecule is COC(=O)c1cc(-c2ccccc2)c(-c2ccccc2)cn1. The first kappa shape index (κ1) is 14.0. The molecule has 0 aliphatic rings. The van der Waals surface area contributed by atoms with E-state index in [1.54, 1.807) is 12.3 Å². The quantitative estimate of drug-likeness (QED) is 0.678. The average Bonchev–Trinajstić information content (AvgIpc) is 2.62.